The quantitative estimate of drug-likeness (QED) is 0.722. The highest BCUT2D eigenvalue weighted by atomic mass is 15.1. The molecule has 2 rings (SSSR count). The standard InChI is InChI=1S/C12H16N2/c1-2-7-14-8-3-4-10-9-11(13)5-6-12(10)14/h3-6,9H,2,7-8,13H2,1H3. The fraction of sp³-hybridized carbons (Fsp3) is 0.333. The van der Waals surface area contributed by atoms with E-state index in [9.17, 15) is 0 Å². The van der Waals surface area contributed by atoms with E-state index in [0.29, 0.717) is 0 Å². The second-order valence-corrected chi connectivity index (χ2v) is 3.67. The molecule has 14 heavy (non-hydrogen) atoms. The molecule has 1 heterocycles. The van der Waals surface area contributed by atoms with Gasteiger partial charge < -0.3 is 10.6 Å². The molecule has 0 radical (unpaired) electrons. The van der Waals surface area contributed by atoms with Crippen molar-refractivity contribution in [2.24, 2.45) is 0 Å². The first-order chi connectivity index (χ1) is 6.81. The van der Waals surface area contributed by atoms with Crippen molar-refractivity contribution >= 4 is 17.5 Å². The molecule has 0 aliphatic carbocycles. The molecule has 0 saturated carbocycles. The third-order valence-electron chi connectivity index (χ3n) is 2.51. The maximum absolute atomic E-state index is 5.75. The molecule has 0 saturated heterocycles. The number of hydrogen-bond acceptors (Lipinski definition) is 2. The lowest BCUT2D eigenvalue weighted by atomic mass is 10.1. The summed E-state index contributed by atoms with van der Waals surface area (Å²) in [5, 5.41) is 0. The Kier molecular flexibility index (Phi) is 2.44. The molecule has 1 aliphatic rings. The van der Waals surface area contributed by atoms with Gasteiger partial charge in [-0.25, -0.2) is 0 Å². The number of nitrogens with zero attached hydrogens (tertiary/aromatic N) is 1. The summed E-state index contributed by atoms with van der Waals surface area (Å²) in [6, 6.07) is 6.12. The summed E-state index contributed by atoms with van der Waals surface area (Å²) >= 11 is 0. The van der Waals surface area contributed by atoms with Gasteiger partial charge in [0.05, 0.1) is 0 Å². The van der Waals surface area contributed by atoms with Gasteiger partial charge in [0.2, 0.25) is 0 Å². The van der Waals surface area contributed by atoms with Crippen molar-refractivity contribution in [2.45, 2.75) is 13.3 Å². The van der Waals surface area contributed by atoms with Crippen LogP contribution in [0.1, 0.15) is 18.9 Å². The third-order valence-corrected chi connectivity index (χ3v) is 2.51. The minimum absolute atomic E-state index is 0.840. The van der Waals surface area contributed by atoms with Crippen LogP contribution in [-0.4, -0.2) is 13.1 Å². The molecule has 2 heteroatoms. The molecule has 0 atom stereocenters. The summed E-state index contributed by atoms with van der Waals surface area (Å²) in [5.41, 5.74) is 9.14. The van der Waals surface area contributed by atoms with Crippen molar-refractivity contribution in [2.75, 3.05) is 23.7 Å². The zero-order chi connectivity index (χ0) is 9.97. The molecular weight excluding hydrogens is 172 g/mol. The molecule has 1 aliphatic heterocycles. The monoisotopic (exact) mass is 188 g/mol. The first-order valence-electron chi connectivity index (χ1n) is 5.12. The van der Waals surface area contributed by atoms with Gasteiger partial charge in [0, 0.05) is 24.5 Å². The van der Waals surface area contributed by atoms with Gasteiger partial charge in [-0.1, -0.05) is 19.1 Å². The highest BCUT2D eigenvalue weighted by Gasteiger charge is 2.11. The van der Waals surface area contributed by atoms with Crippen molar-refractivity contribution < 1.29 is 0 Å². The maximum Gasteiger partial charge on any atom is 0.0444 e. The van der Waals surface area contributed by atoms with E-state index < -0.39 is 0 Å². The number of anilines is 2. The molecule has 0 spiro atoms. The maximum atomic E-state index is 5.75. The Bertz CT molecular complexity index is 355. The van der Waals surface area contributed by atoms with Crippen molar-refractivity contribution in [3.63, 3.8) is 0 Å². The predicted molar refractivity (Wildman–Crippen MR) is 62.4 cm³/mol. The average molecular weight is 188 g/mol. The number of rotatable bonds is 2. The summed E-state index contributed by atoms with van der Waals surface area (Å²) in [4.78, 5) is 2.38. The van der Waals surface area contributed by atoms with Gasteiger partial charge in [-0.2, -0.15) is 0 Å². The van der Waals surface area contributed by atoms with Crippen LogP contribution in [-0.2, 0) is 0 Å². The lowest BCUT2D eigenvalue weighted by Crippen LogP contribution is -2.26. The molecule has 1 aromatic rings. The number of nitrogen functional groups attached to an aromatic ring is 1. The number of fused-ring (bicyclic) bond motifs is 1. The van der Waals surface area contributed by atoms with Gasteiger partial charge in [-0.15, -0.1) is 0 Å². The van der Waals surface area contributed by atoms with E-state index in [-0.39, 0.29) is 0 Å². The van der Waals surface area contributed by atoms with Crippen LogP contribution >= 0.6 is 0 Å². The largest absolute Gasteiger partial charge is 0.399 e. The first-order valence-corrected chi connectivity index (χ1v) is 5.12. The van der Waals surface area contributed by atoms with Crippen LogP contribution in [0.2, 0.25) is 0 Å². The summed E-state index contributed by atoms with van der Waals surface area (Å²) in [6.45, 7) is 4.33. The highest BCUT2D eigenvalue weighted by molar-refractivity contribution is 5.74. The smallest absolute Gasteiger partial charge is 0.0444 e. The fourth-order valence-electron chi connectivity index (χ4n) is 1.88. The fourth-order valence-corrected chi connectivity index (χ4v) is 1.88. The Morgan fingerprint density at radius 2 is 2.29 bits per heavy atom. The Labute approximate surface area is 85.0 Å². The van der Waals surface area contributed by atoms with Crippen LogP contribution in [0.5, 0.6) is 0 Å². The number of benzene rings is 1. The molecule has 74 valence electrons. The van der Waals surface area contributed by atoms with E-state index >= 15 is 0 Å². The second-order valence-electron chi connectivity index (χ2n) is 3.67. The first kappa shape index (κ1) is 9.13. The van der Waals surface area contributed by atoms with Gasteiger partial charge in [0.25, 0.3) is 0 Å². The molecule has 2 nitrogen and oxygen atoms in total. The van der Waals surface area contributed by atoms with Crippen molar-refractivity contribution in [3.05, 3.63) is 29.8 Å². The van der Waals surface area contributed by atoms with Gasteiger partial charge in [0.15, 0.2) is 0 Å². The van der Waals surface area contributed by atoms with Gasteiger partial charge >= 0.3 is 0 Å². The molecule has 1 aromatic carbocycles. The minimum Gasteiger partial charge on any atom is -0.399 e. The van der Waals surface area contributed by atoms with Crippen LogP contribution in [0.3, 0.4) is 0 Å². The van der Waals surface area contributed by atoms with E-state index in [2.05, 4.69) is 30.0 Å². The Balaban J connectivity index is 2.36. The average Bonchev–Trinajstić information content (AvgIpc) is 2.18. The minimum atomic E-state index is 0.840. The van der Waals surface area contributed by atoms with Crippen LogP contribution < -0.4 is 10.6 Å². The van der Waals surface area contributed by atoms with Crippen LogP contribution in [0.15, 0.2) is 24.3 Å². The molecule has 2 N–H and O–H groups in total. The van der Waals surface area contributed by atoms with Crippen LogP contribution in [0.4, 0.5) is 11.4 Å². The zero-order valence-electron chi connectivity index (χ0n) is 8.53. The summed E-state index contributed by atoms with van der Waals surface area (Å²) < 4.78 is 0. The summed E-state index contributed by atoms with van der Waals surface area (Å²) in [7, 11) is 0. The van der Waals surface area contributed by atoms with E-state index in [1.165, 1.54) is 17.7 Å². The Morgan fingerprint density at radius 3 is 3.07 bits per heavy atom. The van der Waals surface area contributed by atoms with E-state index in [0.717, 1.165) is 18.8 Å². The zero-order valence-corrected chi connectivity index (χ0v) is 8.53. The van der Waals surface area contributed by atoms with Crippen LogP contribution in [0.25, 0.3) is 6.08 Å². The Hall–Kier alpha value is -1.44. The van der Waals surface area contributed by atoms with E-state index in [1.807, 2.05) is 12.1 Å². The van der Waals surface area contributed by atoms with Gasteiger partial charge in [0.1, 0.15) is 0 Å². The normalized spacial score (nSPS) is 14.2. The van der Waals surface area contributed by atoms with Crippen molar-refractivity contribution in [1.29, 1.82) is 0 Å². The Morgan fingerprint density at radius 1 is 1.43 bits per heavy atom. The van der Waals surface area contributed by atoms with E-state index in [4.69, 9.17) is 5.73 Å². The molecule has 0 fully saturated rings. The van der Waals surface area contributed by atoms with E-state index in [1.54, 1.807) is 0 Å². The molecule has 0 amide bonds. The lowest BCUT2D eigenvalue weighted by molar-refractivity contribution is 0.812. The number of nitrogens with two attached hydrogens (primary N) is 1. The van der Waals surface area contributed by atoms with Crippen LogP contribution in [0, 0.1) is 0 Å². The lowest BCUT2D eigenvalue weighted by Gasteiger charge is -2.27. The third kappa shape index (κ3) is 1.60. The highest BCUT2D eigenvalue weighted by Crippen LogP contribution is 2.27. The molecule has 0 unspecified atom stereocenters. The predicted octanol–water partition coefficient (Wildman–Crippen LogP) is 2.51. The molecule has 0 aromatic heterocycles. The van der Waals surface area contributed by atoms with Gasteiger partial charge in [-0.3, -0.25) is 0 Å². The van der Waals surface area contributed by atoms with Crippen molar-refractivity contribution in [3.8, 4) is 0 Å². The van der Waals surface area contributed by atoms with Crippen molar-refractivity contribution in [1.82, 2.24) is 0 Å². The second kappa shape index (κ2) is 3.74. The topological polar surface area (TPSA) is 29.3 Å². The molecule has 0 bridgehead atoms. The SMILES string of the molecule is CCCN1CC=Cc2cc(N)ccc21. The molecular formula is C12H16N2. The number of hydrogen-bond donors (Lipinski definition) is 1. The van der Waals surface area contributed by atoms with Gasteiger partial charge in [-0.05, 0) is 30.2 Å². The summed E-state index contributed by atoms with van der Waals surface area (Å²) in [6.07, 6.45) is 5.52. The summed E-state index contributed by atoms with van der Waals surface area (Å²) in [5.74, 6) is 0.